The minimum absolute atomic E-state index is 0.203. The number of nitrogens with one attached hydrogen (secondary N) is 3. The molecule has 4 rings (SSSR count). The number of esters is 1. The number of urea groups is 1. The van der Waals surface area contributed by atoms with Crippen LogP contribution in [0, 0.1) is 11.8 Å². The van der Waals surface area contributed by atoms with E-state index in [1.165, 1.54) is 31.2 Å². The zero-order valence-electron chi connectivity index (χ0n) is 50.8. The Morgan fingerprint density at radius 2 is 1.24 bits per heavy atom. The van der Waals surface area contributed by atoms with Crippen molar-refractivity contribution in [3.05, 3.63) is 110 Å². The molecule has 16 N–H and O–H groups in total. The van der Waals surface area contributed by atoms with Gasteiger partial charge in [0.2, 0.25) is 6.29 Å². The van der Waals surface area contributed by atoms with Gasteiger partial charge in [-0.25, -0.2) is 24.7 Å². The molecular formula is C61H93N3O26. The molecule has 0 aromatic heterocycles. The highest BCUT2D eigenvalue weighted by atomic mass is 16.8. The number of aliphatic hydroxyl groups is 13. The average Bonchev–Trinajstić information content (AvgIpc) is 0.945. The molecule has 0 radical (unpaired) electrons. The van der Waals surface area contributed by atoms with Crippen LogP contribution in [0.4, 0.5) is 14.4 Å². The first kappa shape index (κ1) is 76.7. The van der Waals surface area contributed by atoms with Crippen LogP contribution in [0.1, 0.15) is 79.1 Å². The molecule has 4 heterocycles. The average molecular weight is 1280 g/mol. The zero-order valence-corrected chi connectivity index (χ0v) is 50.8. The van der Waals surface area contributed by atoms with E-state index in [1.54, 1.807) is 93.7 Å². The lowest BCUT2D eigenvalue weighted by Crippen LogP contribution is -2.65. The monoisotopic (exact) mass is 1280 g/mol. The molecule has 0 spiro atoms. The number of carbonyl (C=O) groups excluding carboxylic acids is 4. The van der Waals surface area contributed by atoms with Gasteiger partial charge in [-0.2, -0.15) is 0 Å². The molecule has 3 fully saturated rings. The molecule has 2 bridgehead atoms. The van der Waals surface area contributed by atoms with E-state index < -0.39 is 203 Å². The summed E-state index contributed by atoms with van der Waals surface area (Å²) in [6.07, 6.45) is -9.82. The standard InChI is InChI=1S/C61H93N3O26/c1-7-25-82-59(79)63-49-51(73)37(6)85-56(53(49)75)86-41-22-20-18-16-14-12-10-9-11-13-15-17-19-21-34(3)50(72)35(4)36(5)84-47(71)29-39(67)27-38(66)23-24-42(69)43(70)28-40(68)31-61(81)32-45(88-60(80)83-26-8-2)48(44(30-41)89-61)62-58(78)64-90-57-55(77)54(76)52(74)46(33-65)87-57/h7-22,34-46,48-57,65-70,72-77,81H,1-2,23-33H2,3-6H3,(H,63,79)(H2,62,64,78)/b10-9+,13-11+,14-12+,17-15+,18-16+,21-19+,22-20+/t34-,35-,36-,37+,38+,39+,40-,41-,42+,43+,44-,45-,46?,48-,49-,50+,51+,52+,53-,54-,55?,56-,57-,61+/m0/s1. The molecule has 0 saturated carbocycles. The van der Waals surface area contributed by atoms with Crippen LogP contribution in [0.2, 0.25) is 0 Å². The number of hydroxylamine groups is 1. The molecule has 3 saturated heterocycles. The third kappa shape index (κ3) is 25.4. The number of hydrogen-bond acceptors (Lipinski definition) is 26. The second-order valence-corrected chi connectivity index (χ2v) is 22.5. The van der Waals surface area contributed by atoms with Gasteiger partial charge in [0, 0.05) is 37.5 Å². The Morgan fingerprint density at radius 3 is 1.87 bits per heavy atom. The molecule has 2 unspecified atom stereocenters. The second-order valence-electron chi connectivity index (χ2n) is 22.5. The molecule has 29 heteroatoms. The van der Waals surface area contributed by atoms with Gasteiger partial charge in [0.05, 0.1) is 80.0 Å². The molecule has 508 valence electrons. The lowest BCUT2D eigenvalue weighted by atomic mass is 9.86. The Balaban J connectivity index is 1.78. The Kier molecular flexibility index (Phi) is 33.2. The smallest absolute Gasteiger partial charge is 0.462 e. The van der Waals surface area contributed by atoms with Crippen LogP contribution >= 0.6 is 0 Å². The maximum Gasteiger partial charge on any atom is 0.508 e. The van der Waals surface area contributed by atoms with Crippen LogP contribution in [-0.2, 0) is 47.5 Å². The van der Waals surface area contributed by atoms with E-state index in [4.69, 9.17) is 42.7 Å². The van der Waals surface area contributed by atoms with Gasteiger partial charge >= 0.3 is 24.2 Å². The quantitative estimate of drug-likeness (QED) is 0.0517. The minimum Gasteiger partial charge on any atom is -0.462 e. The van der Waals surface area contributed by atoms with Crippen molar-refractivity contribution >= 4 is 24.2 Å². The van der Waals surface area contributed by atoms with Gasteiger partial charge in [0.1, 0.15) is 62.0 Å². The summed E-state index contributed by atoms with van der Waals surface area (Å²) in [6, 6.07) is -4.39. The van der Waals surface area contributed by atoms with Crippen molar-refractivity contribution in [2.24, 2.45) is 11.8 Å². The summed E-state index contributed by atoms with van der Waals surface area (Å²) < 4.78 is 45.3. The number of carbonyl (C=O) groups is 4. The summed E-state index contributed by atoms with van der Waals surface area (Å²) in [5.41, 5.74) is 1.96. The first-order valence-corrected chi connectivity index (χ1v) is 29.8. The number of cyclic esters (lactones) is 1. The number of ether oxygens (including phenoxy) is 8. The highest BCUT2D eigenvalue weighted by molar-refractivity contribution is 5.73. The maximum atomic E-state index is 13.9. The van der Waals surface area contributed by atoms with E-state index >= 15 is 0 Å². The predicted octanol–water partition coefficient (Wildman–Crippen LogP) is -0.289. The first-order chi connectivity index (χ1) is 42.7. The van der Waals surface area contributed by atoms with Gasteiger partial charge in [-0.1, -0.05) is 124 Å². The number of allylic oxidation sites excluding steroid dienone is 12. The SMILES string of the molecule is C=CCOC(=O)N[C@@H]1[C@H](O)[C@H](O[C@H]2/C=C/C=C/C=C/C=C/C=C/C=C/C=C/[C@H](C)[C@@H](O)[C@@H](C)[C@H](C)OC(=O)C[C@H](O)C[C@H](O)CC[C@@H](O)[C@H](O)C[C@H](O)C[C@]3(O)C[C@H](OC(=O)OCC=C)[C@@H](NC(=O)NO[C@@H]4OC(CO)[C@@H](O)[C@H](O)C4O)[C@H](C2)O3)O[C@H](C)[C@H]1O. The van der Waals surface area contributed by atoms with E-state index in [-0.39, 0.29) is 38.4 Å². The molecule has 0 aliphatic carbocycles. The van der Waals surface area contributed by atoms with Crippen LogP contribution in [0.15, 0.2) is 110 Å². The molecule has 4 aliphatic heterocycles. The Bertz CT molecular complexity index is 2440. The summed E-state index contributed by atoms with van der Waals surface area (Å²) in [4.78, 5) is 58.0. The molecule has 90 heavy (non-hydrogen) atoms. The van der Waals surface area contributed by atoms with Crippen molar-refractivity contribution in [1.82, 2.24) is 16.1 Å². The number of hydrogen-bond donors (Lipinski definition) is 16. The lowest BCUT2D eigenvalue weighted by molar-refractivity contribution is -0.312. The summed E-state index contributed by atoms with van der Waals surface area (Å²) in [7, 11) is 0. The van der Waals surface area contributed by atoms with E-state index in [0.717, 1.165) is 0 Å². The van der Waals surface area contributed by atoms with Gasteiger partial charge in [0.15, 0.2) is 12.1 Å². The molecular weight excluding hydrogens is 1190 g/mol. The van der Waals surface area contributed by atoms with Crippen molar-refractivity contribution < 1.29 is 128 Å². The van der Waals surface area contributed by atoms with Crippen LogP contribution in [-0.4, -0.2) is 245 Å². The maximum absolute atomic E-state index is 13.9. The van der Waals surface area contributed by atoms with Crippen molar-refractivity contribution in [2.75, 3.05) is 19.8 Å². The van der Waals surface area contributed by atoms with Crippen LogP contribution < -0.4 is 16.1 Å². The summed E-state index contributed by atoms with van der Waals surface area (Å²) in [6.45, 7) is 12.1. The van der Waals surface area contributed by atoms with Crippen molar-refractivity contribution in [3.8, 4) is 0 Å². The van der Waals surface area contributed by atoms with Gasteiger partial charge in [-0.3, -0.25) is 4.79 Å². The fourth-order valence-corrected chi connectivity index (χ4v) is 10.1. The number of amides is 3. The minimum atomic E-state index is -2.59. The number of fused-ring (bicyclic) bond motifs is 2. The molecule has 4 aliphatic rings. The van der Waals surface area contributed by atoms with Crippen LogP contribution in [0.25, 0.3) is 0 Å². The highest BCUT2D eigenvalue weighted by Crippen LogP contribution is 2.37. The van der Waals surface area contributed by atoms with E-state index in [0.29, 0.717) is 0 Å². The summed E-state index contributed by atoms with van der Waals surface area (Å²) in [5.74, 6) is -4.22. The Hall–Kier alpha value is -5.78. The highest BCUT2D eigenvalue weighted by Gasteiger charge is 2.52. The number of rotatable bonds is 12. The molecule has 29 nitrogen and oxygen atoms in total. The topological polar surface area (TPSA) is 450 Å². The molecule has 24 atom stereocenters. The normalized spacial score (nSPS) is 40.9. The Labute approximate surface area is 522 Å². The predicted molar refractivity (Wildman–Crippen MR) is 317 cm³/mol. The molecule has 0 aromatic carbocycles. The van der Waals surface area contributed by atoms with Crippen molar-refractivity contribution in [1.29, 1.82) is 0 Å². The Morgan fingerprint density at radius 1 is 0.633 bits per heavy atom. The second kappa shape index (κ2) is 38.9. The van der Waals surface area contributed by atoms with E-state index in [2.05, 4.69) is 23.8 Å². The third-order valence-corrected chi connectivity index (χ3v) is 15.3. The number of alkyl carbamates (subject to hydrolysis) is 1. The lowest BCUT2D eigenvalue weighted by Gasteiger charge is -2.47. The fraction of sp³-hybridized carbons (Fsp3) is 0.639. The summed E-state index contributed by atoms with van der Waals surface area (Å²) in [5, 5.41) is 147. The van der Waals surface area contributed by atoms with Gasteiger partial charge in [-0.15, -0.1) is 0 Å². The van der Waals surface area contributed by atoms with E-state index in [1.807, 2.05) is 5.48 Å². The number of aliphatic hydroxyl groups excluding tert-OH is 12. The largest absolute Gasteiger partial charge is 0.508 e. The van der Waals surface area contributed by atoms with Crippen molar-refractivity contribution in [2.45, 2.75) is 213 Å². The van der Waals surface area contributed by atoms with Gasteiger partial charge in [-0.05, 0) is 33.1 Å². The summed E-state index contributed by atoms with van der Waals surface area (Å²) >= 11 is 0. The third-order valence-electron chi connectivity index (χ3n) is 15.3. The molecule has 0 aromatic rings. The van der Waals surface area contributed by atoms with Crippen LogP contribution in [0.3, 0.4) is 0 Å². The molecule has 3 amide bonds. The fourth-order valence-electron chi connectivity index (χ4n) is 10.1. The van der Waals surface area contributed by atoms with Gasteiger partial charge in [0.25, 0.3) is 0 Å². The zero-order chi connectivity index (χ0) is 66.7. The van der Waals surface area contributed by atoms with Crippen molar-refractivity contribution in [3.63, 3.8) is 0 Å². The first-order valence-electron chi connectivity index (χ1n) is 29.8. The van der Waals surface area contributed by atoms with E-state index in [9.17, 15) is 85.6 Å². The van der Waals surface area contributed by atoms with Gasteiger partial charge < -0.3 is 115 Å². The van der Waals surface area contributed by atoms with Crippen LogP contribution in [0.5, 0.6) is 0 Å².